The van der Waals surface area contributed by atoms with Crippen LogP contribution in [0.4, 0.5) is 11.5 Å². The molecule has 2 rings (SSSR count). The maximum Gasteiger partial charge on any atom is 0.255 e. The molecule has 6 nitrogen and oxygen atoms in total. The number of aromatic nitrogens is 2. The summed E-state index contributed by atoms with van der Waals surface area (Å²) in [6.45, 7) is 2.63. The molecule has 0 saturated heterocycles. The minimum absolute atomic E-state index is 0.256. The molecular formula is C14H15ClN4O2. The number of nitrogens with one attached hydrogen (secondary N) is 2. The minimum Gasteiger partial charge on any atom is -0.481 e. The van der Waals surface area contributed by atoms with Gasteiger partial charge in [-0.25, -0.2) is 9.97 Å². The lowest BCUT2D eigenvalue weighted by Gasteiger charge is -2.08. The summed E-state index contributed by atoms with van der Waals surface area (Å²) >= 11 is 5.91. The van der Waals surface area contributed by atoms with Gasteiger partial charge >= 0.3 is 0 Å². The van der Waals surface area contributed by atoms with Crippen molar-refractivity contribution in [2.24, 2.45) is 0 Å². The van der Waals surface area contributed by atoms with Crippen molar-refractivity contribution in [3.8, 4) is 5.88 Å². The summed E-state index contributed by atoms with van der Waals surface area (Å²) in [6.07, 6.45) is 1.52. The quantitative estimate of drug-likeness (QED) is 0.831. The Hall–Kier alpha value is -2.34. The number of methoxy groups -OCH3 is 1. The number of ether oxygens (including phenoxy) is 1. The molecule has 0 radical (unpaired) electrons. The van der Waals surface area contributed by atoms with E-state index in [9.17, 15) is 4.79 Å². The van der Waals surface area contributed by atoms with Gasteiger partial charge in [-0.3, -0.25) is 4.79 Å². The van der Waals surface area contributed by atoms with Gasteiger partial charge in [0.25, 0.3) is 5.91 Å². The van der Waals surface area contributed by atoms with Gasteiger partial charge in [0.2, 0.25) is 5.88 Å². The Kier molecular flexibility index (Phi) is 4.94. The van der Waals surface area contributed by atoms with Gasteiger partial charge in [-0.05, 0) is 25.1 Å². The number of halogens is 1. The minimum atomic E-state index is -0.287. The van der Waals surface area contributed by atoms with Crippen LogP contribution in [0.15, 0.2) is 30.5 Å². The number of rotatable bonds is 5. The fourth-order valence-corrected chi connectivity index (χ4v) is 1.89. The SMILES string of the molecule is CCNc1cc(C(=O)Nc2ccc(OC)nc2)cc(Cl)n1. The van der Waals surface area contributed by atoms with Crippen LogP contribution in [0.5, 0.6) is 5.88 Å². The maximum absolute atomic E-state index is 12.2. The highest BCUT2D eigenvalue weighted by Gasteiger charge is 2.10. The monoisotopic (exact) mass is 306 g/mol. The maximum atomic E-state index is 12.2. The molecule has 0 saturated carbocycles. The zero-order valence-corrected chi connectivity index (χ0v) is 12.4. The van der Waals surface area contributed by atoms with Crippen LogP contribution >= 0.6 is 11.6 Å². The first-order chi connectivity index (χ1) is 10.1. The zero-order chi connectivity index (χ0) is 15.2. The summed E-state index contributed by atoms with van der Waals surface area (Å²) in [5, 5.41) is 6.01. The molecular weight excluding hydrogens is 292 g/mol. The van der Waals surface area contributed by atoms with E-state index in [1.807, 2.05) is 6.92 Å². The number of pyridine rings is 2. The Morgan fingerprint density at radius 3 is 2.81 bits per heavy atom. The lowest BCUT2D eigenvalue weighted by Crippen LogP contribution is -2.13. The molecule has 2 aromatic heterocycles. The lowest BCUT2D eigenvalue weighted by molar-refractivity contribution is 0.102. The van der Waals surface area contributed by atoms with Crippen molar-refractivity contribution in [1.82, 2.24) is 9.97 Å². The molecule has 2 heterocycles. The van der Waals surface area contributed by atoms with Crippen LogP contribution < -0.4 is 15.4 Å². The molecule has 0 bridgehead atoms. The molecule has 1 amide bonds. The van der Waals surface area contributed by atoms with Gasteiger partial charge in [-0.1, -0.05) is 11.6 Å². The highest BCUT2D eigenvalue weighted by Crippen LogP contribution is 2.17. The van der Waals surface area contributed by atoms with Gasteiger partial charge < -0.3 is 15.4 Å². The normalized spacial score (nSPS) is 10.0. The number of carbonyl (C=O) groups is 1. The molecule has 0 aliphatic carbocycles. The van der Waals surface area contributed by atoms with Gasteiger partial charge in [-0.2, -0.15) is 0 Å². The molecule has 0 unspecified atom stereocenters. The van der Waals surface area contributed by atoms with Crippen LogP contribution in [-0.2, 0) is 0 Å². The molecule has 0 aromatic carbocycles. The lowest BCUT2D eigenvalue weighted by atomic mass is 10.2. The fraction of sp³-hybridized carbons (Fsp3) is 0.214. The summed E-state index contributed by atoms with van der Waals surface area (Å²) in [7, 11) is 1.53. The van der Waals surface area contributed by atoms with Gasteiger partial charge in [0.05, 0.1) is 19.0 Å². The Bertz CT molecular complexity index is 631. The van der Waals surface area contributed by atoms with Crippen LogP contribution in [0.25, 0.3) is 0 Å². The first-order valence-corrected chi connectivity index (χ1v) is 6.73. The Morgan fingerprint density at radius 1 is 1.38 bits per heavy atom. The molecule has 2 N–H and O–H groups in total. The second-order valence-electron chi connectivity index (χ2n) is 4.14. The predicted octanol–water partition coefficient (Wildman–Crippen LogP) is 2.82. The molecule has 7 heteroatoms. The third-order valence-corrected chi connectivity index (χ3v) is 2.81. The summed E-state index contributed by atoms with van der Waals surface area (Å²) < 4.78 is 4.96. The smallest absolute Gasteiger partial charge is 0.255 e. The third kappa shape index (κ3) is 4.06. The standard InChI is InChI=1S/C14H15ClN4O2/c1-3-16-12-7-9(6-11(15)19-12)14(20)18-10-4-5-13(21-2)17-8-10/h4-8H,3H2,1-2H3,(H,16,19)(H,18,20). The van der Waals surface area contributed by atoms with E-state index in [4.69, 9.17) is 16.3 Å². The average molecular weight is 307 g/mol. The Balaban J connectivity index is 2.15. The largest absolute Gasteiger partial charge is 0.481 e. The first kappa shape index (κ1) is 15.1. The van der Waals surface area contributed by atoms with E-state index in [1.54, 1.807) is 18.2 Å². The molecule has 110 valence electrons. The second-order valence-corrected chi connectivity index (χ2v) is 4.52. The zero-order valence-electron chi connectivity index (χ0n) is 11.7. The second kappa shape index (κ2) is 6.90. The van der Waals surface area contributed by atoms with E-state index in [1.165, 1.54) is 19.4 Å². The molecule has 0 spiro atoms. The van der Waals surface area contributed by atoms with Crippen LogP contribution in [0.3, 0.4) is 0 Å². The van der Waals surface area contributed by atoms with E-state index >= 15 is 0 Å². The third-order valence-electron chi connectivity index (χ3n) is 2.62. The number of nitrogens with zero attached hydrogens (tertiary/aromatic N) is 2. The first-order valence-electron chi connectivity index (χ1n) is 6.35. The van der Waals surface area contributed by atoms with Crippen LogP contribution in [0.2, 0.25) is 5.15 Å². The Labute approximate surface area is 127 Å². The highest BCUT2D eigenvalue weighted by molar-refractivity contribution is 6.30. The molecule has 0 aliphatic rings. The van der Waals surface area contributed by atoms with Crippen molar-refractivity contribution in [2.75, 3.05) is 24.3 Å². The average Bonchev–Trinajstić information content (AvgIpc) is 2.48. The van der Waals surface area contributed by atoms with Gasteiger partial charge in [0.15, 0.2) is 0 Å². The molecule has 0 fully saturated rings. The van der Waals surface area contributed by atoms with E-state index in [0.29, 0.717) is 29.5 Å². The summed E-state index contributed by atoms with van der Waals surface area (Å²) in [5.41, 5.74) is 0.987. The van der Waals surface area contributed by atoms with Crippen molar-refractivity contribution >= 4 is 29.0 Å². The fourth-order valence-electron chi connectivity index (χ4n) is 1.68. The van der Waals surface area contributed by atoms with E-state index in [-0.39, 0.29) is 11.1 Å². The Morgan fingerprint density at radius 2 is 2.19 bits per heavy atom. The molecule has 0 aliphatic heterocycles. The van der Waals surface area contributed by atoms with Crippen LogP contribution in [-0.4, -0.2) is 29.5 Å². The van der Waals surface area contributed by atoms with Crippen molar-refractivity contribution in [1.29, 1.82) is 0 Å². The van der Waals surface area contributed by atoms with Crippen molar-refractivity contribution in [2.45, 2.75) is 6.92 Å². The molecule has 0 atom stereocenters. The number of carbonyl (C=O) groups excluding carboxylic acids is 1. The van der Waals surface area contributed by atoms with E-state index in [0.717, 1.165) is 0 Å². The number of hydrogen-bond donors (Lipinski definition) is 2. The van der Waals surface area contributed by atoms with Crippen LogP contribution in [0, 0.1) is 0 Å². The number of amides is 1. The topological polar surface area (TPSA) is 76.1 Å². The van der Waals surface area contributed by atoms with Crippen molar-refractivity contribution < 1.29 is 9.53 Å². The van der Waals surface area contributed by atoms with Gasteiger partial charge in [0.1, 0.15) is 11.0 Å². The number of hydrogen-bond acceptors (Lipinski definition) is 5. The van der Waals surface area contributed by atoms with Gasteiger partial charge in [0, 0.05) is 18.2 Å². The van der Waals surface area contributed by atoms with Crippen molar-refractivity contribution in [3.05, 3.63) is 41.2 Å². The highest BCUT2D eigenvalue weighted by atomic mass is 35.5. The number of anilines is 2. The molecule has 21 heavy (non-hydrogen) atoms. The van der Waals surface area contributed by atoms with E-state index < -0.39 is 0 Å². The van der Waals surface area contributed by atoms with Crippen LogP contribution in [0.1, 0.15) is 17.3 Å². The van der Waals surface area contributed by atoms with E-state index in [2.05, 4.69) is 20.6 Å². The van der Waals surface area contributed by atoms with Crippen molar-refractivity contribution in [3.63, 3.8) is 0 Å². The summed E-state index contributed by atoms with van der Waals surface area (Å²) in [5.74, 6) is 0.753. The summed E-state index contributed by atoms with van der Waals surface area (Å²) in [4.78, 5) is 20.3. The summed E-state index contributed by atoms with van der Waals surface area (Å²) in [6, 6.07) is 6.52. The predicted molar refractivity (Wildman–Crippen MR) is 82.2 cm³/mol. The molecule has 2 aromatic rings. The van der Waals surface area contributed by atoms with Gasteiger partial charge in [-0.15, -0.1) is 0 Å².